The van der Waals surface area contributed by atoms with Gasteiger partial charge in [0.2, 0.25) is 0 Å². The first-order chi connectivity index (χ1) is 9.13. The van der Waals surface area contributed by atoms with Gasteiger partial charge in [0, 0.05) is 17.8 Å². The third-order valence-electron chi connectivity index (χ3n) is 2.44. The van der Waals surface area contributed by atoms with Gasteiger partial charge in [-0.25, -0.2) is 4.39 Å². The Balaban J connectivity index is 2.30. The van der Waals surface area contributed by atoms with E-state index in [1.807, 2.05) is 6.07 Å². The third-order valence-corrected chi connectivity index (χ3v) is 2.44. The largest absolute Gasteiger partial charge is 0.457 e. The van der Waals surface area contributed by atoms with Crippen molar-refractivity contribution in [1.29, 1.82) is 10.5 Å². The van der Waals surface area contributed by atoms with Crippen LogP contribution < -0.4 is 10.5 Å². The highest BCUT2D eigenvalue weighted by molar-refractivity contribution is 5.57. The summed E-state index contributed by atoms with van der Waals surface area (Å²) >= 11 is 0. The van der Waals surface area contributed by atoms with Gasteiger partial charge in [-0.05, 0) is 24.3 Å². The highest BCUT2D eigenvalue weighted by Gasteiger charge is 2.06. The molecule has 2 aromatic carbocycles. The van der Waals surface area contributed by atoms with Gasteiger partial charge in [0.15, 0.2) is 0 Å². The monoisotopic (exact) mass is 253 g/mol. The van der Waals surface area contributed by atoms with Crippen LogP contribution in [0.1, 0.15) is 11.1 Å². The van der Waals surface area contributed by atoms with Crippen molar-refractivity contribution in [1.82, 2.24) is 0 Å². The summed E-state index contributed by atoms with van der Waals surface area (Å²) in [7, 11) is 0. The molecule has 0 spiro atoms. The van der Waals surface area contributed by atoms with Crippen LogP contribution in [0.25, 0.3) is 0 Å². The van der Waals surface area contributed by atoms with Crippen LogP contribution in [0.5, 0.6) is 11.5 Å². The van der Waals surface area contributed by atoms with Gasteiger partial charge in [-0.2, -0.15) is 10.5 Å². The molecule has 0 bridgehead atoms. The van der Waals surface area contributed by atoms with Crippen LogP contribution in [0.4, 0.5) is 10.1 Å². The Labute approximate surface area is 109 Å². The molecule has 2 rings (SSSR count). The number of nitrogen functional groups attached to an aromatic ring is 1. The summed E-state index contributed by atoms with van der Waals surface area (Å²) in [6.45, 7) is 0. The van der Waals surface area contributed by atoms with Crippen molar-refractivity contribution in [3.8, 4) is 23.6 Å². The minimum absolute atomic E-state index is 0.0534. The summed E-state index contributed by atoms with van der Waals surface area (Å²) in [5.74, 6) is -0.0454. The van der Waals surface area contributed by atoms with Gasteiger partial charge in [0.05, 0.1) is 11.1 Å². The van der Waals surface area contributed by atoms with E-state index in [1.165, 1.54) is 24.3 Å². The molecule has 0 aliphatic carbocycles. The smallest absolute Gasteiger partial charge is 0.144 e. The summed E-state index contributed by atoms with van der Waals surface area (Å²) in [5.41, 5.74) is 6.16. The molecule has 0 saturated carbocycles. The predicted octanol–water partition coefficient (Wildman–Crippen LogP) is 2.94. The quantitative estimate of drug-likeness (QED) is 0.834. The molecule has 0 aromatic heterocycles. The van der Waals surface area contributed by atoms with Crippen LogP contribution in [0.15, 0.2) is 36.4 Å². The Hall–Kier alpha value is -3.05. The van der Waals surface area contributed by atoms with Crippen LogP contribution in [-0.4, -0.2) is 0 Å². The van der Waals surface area contributed by atoms with E-state index in [0.717, 1.165) is 6.07 Å². The zero-order valence-corrected chi connectivity index (χ0v) is 9.72. The first-order valence-electron chi connectivity index (χ1n) is 5.31. The molecular formula is C14H8FN3O. The van der Waals surface area contributed by atoms with E-state index < -0.39 is 5.82 Å². The molecule has 0 aliphatic heterocycles. The molecule has 0 fully saturated rings. The second-order valence-electron chi connectivity index (χ2n) is 3.72. The molecule has 4 nitrogen and oxygen atoms in total. The SMILES string of the molecule is N#Cc1cc(Oc2ccc(C#N)c(F)c2)ccc1N. The van der Waals surface area contributed by atoms with Crippen molar-refractivity contribution < 1.29 is 9.13 Å². The number of benzene rings is 2. The van der Waals surface area contributed by atoms with E-state index >= 15 is 0 Å². The Morgan fingerprint density at radius 2 is 1.58 bits per heavy atom. The van der Waals surface area contributed by atoms with E-state index in [2.05, 4.69) is 0 Å². The molecule has 92 valence electrons. The number of hydrogen-bond donors (Lipinski definition) is 1. The van der Waals surface area contributed by atoms with Gasteiger partial charge in [-0.1, -0.05) is 0 Å². The lowest BCUT2D eigenvalue weighted by Gasteiger charge is -2.07. The minimum Gasteiger partial charge on any atom is -0.457 e. The third kappa shape index (κ3) is 2.62. The van der Waals surface area contributed by atoms with E-state index in [9.17, 15) is 4.39 Å². The fourth-order valence-electron chi connectivity index (χ4n) is 1.48. The lowest BCUT2D eigenvalue weighted by molar-refractivity contribution is 0.476. The molecule has 0 heterocycles. The van der Waals surface area contributed by atoms with Crippen LogP contribution in [0, 0.1) is 28.5 Å². The number of halogens is 1. The molecule has 0 unspecified atom stereocenters. The van der Waals surface area contributed by atoms with Gasteiger partial charge < -0.3 is 10.5 Å². The molecule has 0 aliphatic rings. The zero-order chi connectivity index (χ0) is 13.8. The molecule has 5 heteroatoms. The van der Waals surface area contributed by atoms with E-state index in [4.69, 9.17) is 21.0 Å². The number of anilines is 1. The molecule has 2 N–H and O–H groups in total. The first-order valence-corrected chi connectivity index (χ1v) is 5.31. The van der Waals surface area contributed by atoms with Gasteiger partial charge >= 0.3 is 0 Å². The van der Waals surface area contributed by atoms with Gasteiger partial charge in [0.25, 0.3) is 0 Å². The number of nitrogens with zero attached hydrogens (tertiary/aromatic N) is 2. The molecule has 0 saturated heterocycles. The maximum atomic E-state index is 13.4. The maximum absolute atomic E-state index is 13.4. The van der Waals surface area contributed by atoms with E-state index in [0.29, 0.717) is 11.4 Å². The molecule has 0 atom stereocenters. The summed E-state index contributed by atoms with van der Waals surface area (Å²) in [6, 6.07) is 12.1. The standard InChI is InChI=1S/C14H8FN3O/c15-13-6-12(2-1-9(13)7-16)19-11-3-4-14(18)10(5-11)8-17/h1-6H,18H2. The first kappa shape index (κ1) is 12.4. The minimum atomic E-state index is -0.657. The van der Waals surface area contributed by atoms with Crippen LogP contribution in [0.3, 0.4) is 0 Å². The van der Waals surface area contributed by atoms with Gasteiger partial charge in [-0.15, -0.1) is 0 Å². The van der Waals surface area contributed by atoms with Crippen molar-refractivity contribution in [3.63, 3.8) is 0 Å². The Kier molecular flexibility index (Phi) is 3.31. The number of nitrogens with two attached hydrogens (primary N) is 1. The molecular weight excluding hydrogens is 245 g/mol. The average molecular weight is 253 g/mol. The molecule has 2 aromatic rings. The molecule has 0 amide bonds. The maximum Gasteiger partial charge on any atom is 0.144 e. The Morgan fingerprint density at radius 1 is 0.947 bits per heavy atom. The van der Waals surface area contributed by atoms with Crippen LogP contribution >= 0.6 is 0 Å². The summed E-state index contributed by atoms with van der Waals surface area (Å²) < 4.78 is 18.8. The zero-order valence-electron chi connectivity index (χ0n) is 9.72. The summed E-state index contributed by atoms with van der Waals surface area (Å²) in [5, 5.41) is 17.5. The number of rotatable bonds is 2. The van der Waals surface area contributed by atoms with Crippen molar-refractivity contribution >= 4 is 5.69 Å². The Morgan fingerprint density at radius 3 is 2.21 bits per heavy atom. The second-order valence-corrected chi connectivity index (χ2v) is 3.72. The number of hydrogen-bond acceptors (Lipinski definition) is 4. The van der Waals surface area contributed by atoms with Crippen LogP contribution in [-0.2, 0) is 0 Å². The lowest BCUT2D eigenvalue weighted by Crippen LogP contribution is -1.92. The molecule has 19 heavy (non-hydrogen) atoms. The fourth-order valence-corrected chi connectivity index (χ4v) is 1.48. The molecule has 0 radical (unpaired) electrons. The Bertz CT molecular complexity index is 714. The van der Waals surface area contributed by atoms with Crippen LogP contribution in [0.2, 0.25) is 0 Å². The van der Waals surface area contributed by atoms with E-state index in [-0.39, 0.29) is 16.9 Å². The summed E-state index contributed by atoms with van der Waals surface area (Å²) in [4.78, 5) is 0. The second kappa shape index (κ2) is 5.07. The predicted molar refractivity (Wildman–Crippen MR) is 66.8 cm³/mol. The lowest BCUT2D eigenvalue weighted by atomic mass is 10.2. The summed E-state index contributed by atoms with van der Waals surface area (Å²) in [6.07, 6.45) is 0. The van der Waals surface area contributed by atoms with E-state index in [1.54, 1.807) is 12.1 Å². The van der Waals surface area contributed by atoms with Crippen molar-refractivity contribution in [2.24, 2.45) is 0 Å². The number of nitriles is 2. The number of ether oxygens (including phenoxy) is 1. The fraction of sp³-hybridized carbons (Fsp3) is 0. The topological polar surface area (TPSA) is 82.8 Å². The highest BCUT2D eigenvalue weighted by atomic mass is 19.1. The van der Waals surface area contributed by atoms with Gasteiger partial charge in [-0.3, -0.25) is 0 Å². The van der Waals surface area contributed by atoms with Crippen molar-refractivity contribution in [2.45, 2.75) is 0 Å². The highest BCUT2D eigenvalue weighted by Crippen LogP contribution is 2.26. The normalized spacial score (nSPS) is 9.42. The van der Waals surface area contributed by atoms with Crippen molar-refractivity contribution in [2.75, 3.05) is 5.73 Å². The average Bonchev–Trinajstić information content (AvgIpc) is 2.41. The van der Waals surface area contributed by atoms with Crippen molar-refractivity contribution in [3.05, 3.63) is 53.3 Å². The van der Waals surface area contributed by atoms with Gasteiger partial charge in [0.1, 0.15) is 29.5 Å².